The molecule has 1 aliphatic rings. The molecule has 2 rings (SSSR count). The van der Waals surface area contributed by atoms with Crippen LogP contribution in [0.5, 0.6) is 0 Å². The molecule has 2 unspecified atom stereocenters. The normalized spacial score (nSPS) is 16.9. The Kier molecular flexibility index (Phi) is 23.2. The molecule has 2 atom stereocenters. The second-order valence-corrected chi connectivity index (χ2v) is 14.9. The monoisotopic (exact) mass is 698 g/mol. The second kappa shape index (κ2) is 25.5. The Morgan fingerprint density at radius 2 is 0.878 bits per heavy atom. The fourth-order valence-corrected chi connectivity index (χ4v) is 7.97. The van der Waals surface area contributed by atoms with E-state index in [0.29, 0.717) is 12.0 Å². The van der Waals surface area contributed by atoms with E-state index in [-0.39, 0.29) is 0 Å². The molecule has 0 fully saturated rings. The summed E-state index contributed by atoms with van der Waals surface area (Å²) in [6, 6.07) is 0.633. The molecule has 0 saturated carbocycles. The van der Waals surface area contributed by atoms with E-state index in [9.17, 15) is 0 Å². The Bertz CT molecular complexity index is 731. The Morgan fingerprint density at radius 3 is 1.29 bits per heavy atom. The highest BCUT2D eigenvalue weighted by Crippen LogP contribution is 2.43. The zero-order chi connectivity index (χ0) is 29.4. The van der Waals surface area contributed by atoms with Gasteiger partial charge in [-0.25, -0.2) is 4.98 Å². The zero-order valence-corrected chi connectivity index (χ0v) is 30.7. The number of fused-ring (bicyclic) bond motifs is 1. The summed E-state index contributed by atoms with van der Waals surface area (Å²) < 4.78 is 4.77. The second-order valence-electron chi connectivity index (χ2n) is 13.4. The zero-order valence-electron chi connectivity index (χ0n) is 27.5. The summed E-state index contributed by atoms with van der Waals surface area (Å²) in [5.74, 6) is 2.00. The SMILES string of the molecule is CCCCCCCCCCCCCCCC1CCC(CCCCCCCCCCCCCCC)n2c1nc(Br)c2Br. The first-order valence-electron chi connectivity index (χ1n) is 18.6. The van der Waals surface area contributed by atoms with Crippen molar-refractivity contribution in [2.45, 2.75) is 218 Å². The van der Waals surface area contributed by atoms with Crippen LogP contribution < -0.4 is 0 Å². The van der Waals surface area contributed by atoms with E-state index < -0.39 is 0 Å². The molecule has 2 nitrogen and oxygen atoms in total. The Morgan fingerprint density at radius 1 is 0.512 bits per heavy atom. The largest absolute Gasteiger partial charge is 0.318 e. The summed E-state index contributed by atoms with van der Waals surface area (Å²) >= 11 is 7.62. The van der Waals surface area contributed by atoms with Crippen LogP contribution in [0.3, 0.4) is 0 Å². The summed E-state index contributed by atoms with van der Waals surface area (Å²) in [5, 5.41) is 0. The lowest BCUT2D eigenvalue weighted by Crippen LogP contribution is -2.22. The third kappa shape index (κ3) is 16.7. The van der Waals surface area contributed by atoms with E-state index in [2.05, 4.69) is 50.3 Å². The van der Waals surface area contributed by atoms with Gasteiger partial charge in [-0.2, -0.15) is 0 Å². The molecule has 0 aliphatic carbocycles. The summed E-state index contributed by atoms with van der Waals surface area (Å²) in [7, 11) is 0. The van der Waals surface area contributed by atoms with Crippen LogP contribution in [0.1, 0.15) is 224 Å². The van der Waals surface area contributed by atoms with E-state index in [1.165, 1.54) is 203 Å². The molecule has 1 aromatic rings. The predicted octanol–water partition coefficient (Wildman–Crippen LogP) is 14.8. The van der Waals surface area contributed by atoms with Crippen molar-refractivity contribution in [1.82, 2.24) is 9.55 Å². The smallest absolute Gasteiger partial charge is 0.139 e. The van der Waals surface area contributed by atoms with Crippen molar-refractivity contribution in [3.05, 3.63) is 15.0 Å². The highest BCUT2D eigenvalue weighted by atomic mass is 79.9. The highest BCUT2D eigenvalue weighted by Gasteiger charge is 2.31. The summed E-state index contributed by atoms with van der Waals surface area (Å²) in [4.78, 5) is 5.01. The van der Waals surface area contributed by atoms with Crippen LogP contribution in [0.25, 0.3) is 0 Å². The number of nitrogens with zero attached hydrogens (tertiary/aromatic N) is 2. The van der Waals surface area contributed by atoms with E-state index in [4.69, 9.17) is 4.98 Å². The Labute approximate surface area is 273 Å². The van der Waals surface area contributed by atoms with Gasteiger partial charge < -0.3 is 4.57 Å². The third-order valence-electron chi connectivity index (χ3n) is 9.72. The highest BCUT2D eigenvalue weighted by molar-refractivity contribution is 9.13. The van der Waals surface area contributed by atoms with Crippen molar-refractivity contribution in [2.75, 3.05) is 0 Å². The molecule has 1 aromatic heterocycles. The molecule has 0 saturated heterocycles. The molecule has 1 aliphatic heterocycles. The quantitative estimate of drug-likeness (QED) is 0.0796. The van der Waals surface area contributed by atoms with Gasteiger partial charge in [-0.3, -0.25) is 0 Å². The molecule has 0 N–H and O–H groups in total. The first kappa shape index (κ1) is 37.4. The van der Waals surface area contributed by atoms with Gasteiger partial charge in [-0.05, 0) is 57.5 Å². The number of unbranched alkanes of at least 4 members (excludes halogenated alkanes) is 24. The number of hydrogen-bond acceptors (Lipinski definition) is 1. The van der Waals surface area contributed by atoms with Crippen LogP contribution in [0.2, 0.25) is 0 Å². The third-order valence-corrected chi connectivity index (χ3v) is 11.6. The first-order valence-corrected chi connectivity index (χ1v) is 20.2. The molecule has 4 heteroatoms. The van der Waals surface area contributed by atoms with Crippen molar-refractivity contribution in [2.24, 2.45) is 0 Å². The maximum atomic E-state index is 5.01. The molecule has 41 heavy (non-hydrogen) atoms. The van der Waals surface area contributed by atoms with Crippen LogP contribution in [0.4, 0.5) is 0 Å². The van der Waals surface area contributed by atoms with Crippen molar-refractivity contribution in [1.29, 1.82) is 0 Å². The maximum absolute atomic E-state index is 5.01. The van der Waals surface area contributed by atoms with E-state index in [1.54, 1.807) is 0 Å². The van der Waals surface area contributed by atoms with Gasteiger partial charge in [0.2, 0.25) is 0 Å². The van der Waals surface area contributed by atoms with Crippen LogP contribution in [-0.4, -0.2) is 9.55 Å². The Hall–Kier alpha value is 0.170. The van der Waals surface area contributed by atoms with Crippen LogP contribution >= 0.6 is 31.9 Å². The molecule has 240 valence electrons. The number of imidazole rings is 1. The van der Waals surface area contributed by atoms with Crippen LogP contribution in [0, 0.1) is 0 Å². The molecule has 0 amide bonds. The fraction of sp³-hybridized carbons (Fsp3) is 0.919. The number of rotatable bonds is 28. The van der Waals surface area contributed by atoms with Gasteiger partial charge in [0.05, 0.1) is 0 Å². The number of halogens is 2. The van der Waals surface area contributed by atoms with Gasteiger partial charge in [0.1, 0.15) is 15.0 Å². The molecular weight excluding hydrogens is 632 g/mol. The van der Waals surface area contributed by atoms with Crippen LogP contribution in [0.15, 0.2) is 9.21 Å². The summed E-state index contributed by atoms with van der Waals surface area (Å²) in [6.45, 7) is 4.61. The average Bonchev–Trinajstić information content (AvgIpc) is 3.28. The standard InChI is InChI=1S/C37H68Br2N2/c1-3-5-7-9-11-13-15-17-19-21-23-25-27-29-33-31-32-34(41-36(39)35(38)40-37(33)41)30-28-26-24-22-20-18-16-14-12-10-8-6-4-2/h33-34H,3-32H2,1-2H3. The molecular formula is C37H68Br2N2. The lowest BCUT2D eigenvalue weighted by atomic mass is 9.88. The molecule has 0 radical (unpaired) electrons. The van der Waals surface area contributed by atoms with Crippen LogP contribution in [-0.2, 0) is 0 Å². The number of aromatic nitrogens is 2. The molecule has 2 heterocycles. The van der Waals surface area contributed by atoms with Gasteiger partial charge in [0, 0.05) is 12.0 Å². The number of hydrogen-bond donors (Lipinski definition) is 0. The van der Waals surface area contributed by atoms with Crippen molar-refractivity contribution in [3.8, 4) is 0 Å². The van der Waals surface area contributed by atoms with Crippen molar-refractivity contribution in [3.63, 3.8) is 0 Å². The topological polar surface area (TPSA) is 17.8 Å². The maximum Gasteiger partial charge on any atom is 0.139 e. The summed E-state index contributed by atoms with van der Waals surface area (Å²) in [5.41, 5.74) is 0. The molecule has 0 bridgehead atoms. The molecule has 0 aromatic carbocycles. The lowest BCUT2D eigenvalue weighted by molar-refractivity contribution is 0.312. The van der Waals surface area contributed by atoms with Gasteiger partial charge in [-0.1, -0.05) is 181 Å². The average molecular weight is 701 g/mol. The summed E-state index contributed by atoms with van der Waals surface area (Å²) in [6.07, 6.45) is 42.5. The predicted molar refractivity (Wildman–Crippen MR) is 189 cm³/mol. The minimum absolute atomic E-state index is 0.633. The van der Waals surface area contributed by atoms with Gasteiger partial charge in [-0.15, -0.1) is 0 Å². The fourth-order valence-electron chi connectivity index (χ4n) is 7.04. The first-order chi connectivity index (χ1) is 20.2. The molecule has 0 spiro atoms. The van der Waals surface area contributed by atoms with Crippen molar-refractivity contribution < 1.29 is 0 Å². The Balaban J connectivity index is 1.52. The van der Waals surface area contributed by atoms with E-state index in [1.807, 2.05) is 0 Å². The minimum atomic E-state index is 0.633. The van der Waals surface area contributed by atoms with Gasteiger partial charge in [0.25, 0.3) is 0 Å². The lowest BCUT2D eigenvalue weighted by Gasteiger charge is -2.31. The van der Waals surface area contributed by atoms with Gasteiger partial charge in [0.15, 0.2) is 0 Å². The minimum Gasteiger partial charge on any atom is -0.318 e. The van der Waals surface area contributed by atoms with Gasteiger partial charge >= 0.3 is 0 Å². The van der Waals surface area contributed by atoms with Crippen molar-refractivity contribution >= 4 is 31.9 Å². The van der Waals surface area contributed by atoms with E-state index in [0.717, 1.165) is 4.60 Å². The van der Waals surface area contributed by atoms with E-state index >= 15 is 0 Å².